The van der Waals surface area contributed by atoms with E-state index in [-0.39, 0.29) is 11.9 Å². The highest BCUT2D eigenvalue weighted by Gasteiger charge is 2.42. The number of benzene rings is 1. The Kier molecular flexibility index (Phi) is 4.95. The molecule has 0 saturated carbocycles. The minimum absolute atomic E-state index is 0.0221. The van der Waals surface area contributed by atoms with Crippen molar-refractivity contribution in [3.8, 4) is 0 Å². The van der Waals surface area contributed by atoms with Crippen LogP contribution in [0.15, 0.2) is 24.3 Å². The maximum Gasteiger partial charge on any atom is 0.241 e. The second-order valence-corrected chi connectivity index (χ2v) is 7.34. The molecule has 0 unspecified atom stereocenters. The van der Waals surface area contributed by atoms with Gasteiger partial charge in [0.2, 0.25) is 5.91 Å². The summed E-state index contributed by atoms with van der Waals surface area (Å²) in [4.78, 5) is 17.3. The highest BCUT2D eigenvalue weighted by Crippen LogP contribution is 2.37. The maximum atomic E-state index is 12.5. The number of piperidine rings is 1. The number of nitrogens with zero attached hydrogens (tertiary/aromatic N) is 2. The number of nitrogens with one attached hydrogen (secondary N) is 1. The Labute approximate surface area is 143 Å². The lowest BCUT2D eigenvalue weighted by Crippen LogP contribution is -2.54. The molecule has 5 heteroatoms. The molecule has 0 radical (unpaired) electrons. The van der Waals surface area contributed by atoms with E-state index in [0.717, 1.165) is 25.9 Å². The van der Waals surface area contributed by atoms with Gasteiger partial charge in [0.05, 0.1) is 16.8 Å². The normalized spacial score (nSPS) is 23.1. The lowest BCUT2D eigenvalue weighted by atomic mass is 9.85. The summed E-state index contributed by atoms with van der Waals surface area (Å²) in [6.45, 7) is 5.17. The first-order valence-electron chi connectivity index (χ1n) is 8.52. The van der Waals surface area contributed by atoms with Crippen LogP contribution in [0.25, 0.3) is 0 Å². The summed E-state index contributed by atoms with van der Waals surface area (Å²) < 4.78 is 0. The van der Waals surface area contributed by atoms with E-state index in [1.54, 1.807) is 6.07 Å². The van der Waals surface area contributed by atoms with Gasteiger partial charge in [-0.15, -0.1) is 0 Å². The maximum absolute atomic E-state index is 12.5. The fraction of sp³-hybridized carbons (Fsp3) is 0.611. The molecule has 2 saturated heterocycles. The lowest BCUT2D eigenvalue weighted by Gasteiger charge is -2.45. The number of hydrogen-bond donors (Lipinski definition) is 1. The van der Waals surface area contributed by atoms with Gasteiger partial charge in [0.1, 0.15) is 0 Å². The van der Waals surface area contributed by atoms with Crippen molar-refractivity contribution in [1.82, 2.24) is 9.80 Å². The van der Waals surface area contributed by atoms with Crippen LogP contribution in [0.3, 0.4) is 0 Å². The van der Waals surface area contributed by atoms with Crippen molar-refractivity contribution >= 4 is 23.2 Å². The highest BCUT2D eigenvalue weighted by atomic mass is 35.5. The minimum atomic E-state index is -0.129. The van der Waals surface area contributed by atoms with Gasteiger partial charge >= 0.3 is 0 Å². The SMILES string of the molecule is C[C@H](C(=O)Nc1ccccc1Cl)N1CCC2(CCCN2C)CC1. The summed E-state index contributed by atoms with van der Waals surface area (Å²) in [6, 6.07) is 7.25. The van der Waals surface area contributed by atoms with E-state index in [1.807, 2.05) is 25.1 Å². The molecule has 126 valence electrons. The molecule has 1 aromatic carbocycles. The molecule has 3 rings (SSSR count). The average Bonchev–Trinajstić information content (AvgIpc) is 2.90. The number of hydrogen-bond acceptors (Lipinski definition) is 3. The molecule has 1 aromatic rings. The molecule has 1 spiro atoms. The van der Waals surface area contributed by atoms with Crippen LogP contribution < -0.4 is 5.32 Å². The van der Waals surface area contributed by atoms with Crippen LogP contribution >= 0.6 is 11.6 Å². The summed E-state index contributed by atoms with van der Waals surface area (Å²) in [6.07, 6.45) is 4.93. The molecule has 0 aromatic heterocycles. The first kappa shape index (κ1) is 16.7. The second-order valence-electron chi connectivity index (χ2n) is 6.93. The summed E-state index contributed by atoms with van der Waals surface area (Å²) in [5, 5.41) is 3.54. The number of carbonyl (C=O) groups excluding carboxylic acids is 1. The van der Waals surface area contributed by atoms with Gasteiger partial charge in [0.25, 0.3) is 0 Å². The fourth-order valence-corrected chi connectivity index (χ4v) is 4.18. The zero-order valence-corrected chi connectivity index (χ0v) is 14.8. The predicted octanol–water partition coefficient (Wildman–Crippen LogP) is 3.23. The lowest BCUT2D eigenvalue weighted by molar-refractivity contribution is -0.121. The Morgan fingerprint density at radius 2 is 1.91 bits per heavy atom. The summed E-state index contributed by atoms with van der Waals surface area (Å²) in [7, 11) is 2.25. The molecular weight excluding hydrogens is 310 g/mol. The third-order valence-corrected chi connectivity index (χ3v) is 6.06. The van der Waals surface area contributed by atoms with Crippen molar-refractivity contribution in [2.24, 2.45) is 0 Å². The molecule has 1 amide bonds. The van der Waals surface area contributed by atoms with E-state index >= 15 is 0 Å². The first-order chi connectivity index (χ1) is 11.0. The Balaban J connectivity index is 1.58. The first-order valence-corrected chi connectivity index (χ1v) is 8.90. The number of para-hydroxylation sites is 1. The van der Waals surface area contributed by atoms with Gasteiger partial charge < -0.3 is 10.2 Å². The third kappa shape index (κ3) is 3.39. The fourth-order valence-electron chi connectivity index (χ4n) is 4.00. The van der Waals surface area contributed by atoms with Crippen molar-refractivity contribution in [1.29, 1.82) is 0 Å². The number of carbonyl (C=O) groups is 1. The minimum Gasteiger partial charge on any atom is -0.323 e. The summed E-state index contributed by atoms with van der Waals surface area (Å²) in [5.41, 5.74) is 1.07. The Hall–Kier alpha value is -1.10. The van der Waals surface area contributed by atoms with Crippen LogP contribution in [0.5, 0.6) is 0 Å². The third-order valence-electron chi connectivity index (χ3n) is 5.73. The van der Waals surface area contributed by atoms with Gasteiger partial charge in [0, 0.05) is 18.6 Å². The molecule has 0 bridgehead atoms. The summed E-state index contributed by atoms with van der Waals surface area (Å²) in [5.74, 6) is 0.0221. The quantitative estimate of drug-likeness (QED) is 0.921. The van der Waals surface area contributed by atoms with Crippen LogP contribution in [0, 0.1) is 0 Å². The molecule has 23 heavy (non-hydrogen) atoms. The van der Waals surface area contributed by atoms with E-state index in [4.69, 9.17) is 11.6 Å². The molecule has 1 atom stereocenters. The molecule has 1 N–H and O–H groups in total. The van der Waals surface area contributed by atoms with Gasteiger partial charge in [-0.25, -0.2) is 0 Å². The summed E-state index contributed by atoms with van der Waals surface area (Å²) >= 11 is 6.12. The molecular formula is C18H26ClN3O. The van der Waals surface area contributed by atoms with Crippen LogP contribution in [0.2, 0.25) is 5.02 Å². The van der Waals surface area contributed by atoms with Crippen molar-refractivity contribution in [2.45, 2.75) is 44.2 Å². The van der Waals surface area contributed by atoms with E-state index in [9.17, 15) is 4.79 Å². The largest absolute Gasteiger partial charge is 0.323 e. The van der Waals surface area contributed by atoms with Gasteiger partial charge in [-0.2, -0.15) is 0 Å². The standard InChI is InChI=1S/C18H26ClN3O/c1-14(17(23)20-16-7-4-3-6-15(16)19)22-12-9-18(10-13-22)8-5-11-21(18)2/h3-4,6-7,14H,5,8-13H2,1-2H3,(H,20,23)/t14-/m1/s1. The monoisotopic (exact) mass is 335 g/mol. The number of likely N-dealkylation sites (tertiary alicyclic amines) is 2. The van der Waals surface area contributed by atoms with E-state index < -0.39 is 0 Å². The predicted molar refractivity (Wildman–Crippen MR) is 94.9 cm³/mol. The topological polar surface area (TPSA) is 35.6 Å². The van der Waals surface area contributed by atoms with Gasteiger partial charge in [-0.3, -0.25) is 9.69 Å². The van der Waals surface area contributed by atoms with Crippen molar-refractivity contribution in [3.05, 3.63) is 29.3 Å². The van der Waals surface area contributed by atoms with Gasteiger partial charge in [-0.1, -0.05) is 23.7 Å². The number of halogens is 1. The van der Waals surface area contributed by atoms with E-state index in [1.165, 1.54) is 19.4 Å². The van der Waals surface area contributed by atoms with Crippen molar-refractivity contribution < 1.29 is 4.79 Å². The Morgan fingerprint density at radius 1 is 1.22 bits per heavy atom. The van der Waals surface area contributed by atoms with Crippen molar-refractivity contribution in [3.63, 3.8) is 0 Å². The molecule has 4 nitrogen and oxygen atoms in total. The zero-order chi connectivity index (χ0) is 16.4. The van der Waals surface area contributed by atoms with Crippen LogP contribution in [0.1, 0.15) is 32.6 Å². The molecule has 2 aliphatic heterocycles. The van der Waals surface area contributed by atoms with Gasteiger partial charge in [0.15, 0.2) is 0 Å². The van der Waals surface area contributed by atoms with E-state index in [2.05, 4.69) is 22.2 Å². The number of amides is 1. The van der Waals surface area contributed by atoms with Crippen molar-refractivity contribution in [2.75, 3.05) is 32.0 Å². The zero-order valence-electron chi connectivity index (χ0n) is 14.0. The van der Waals surface area contributed by atoms with Crippen LogP contribution in [-0.4, -0.2) is 54.0 Å². The molecule has 2 heterocycles. The Bertz CT molecular complexity index is 569. The van der Waals surface area contributed by atoms with E-state index in [0.29, 0.717) is 16.2 Å². The highest BCUT2D eigenvalue weighted by molar-refractivity contribution is 6.33. The van der Waals surface area contributed by atoms with Crippen LogP contribution in [-0.2, 0) is 4.79 Å². The number of anilines is 1. The Morgan fingerprint density at radius 3 is 2.52 bits per heavy atom. The number of rotatable bonds is 3. The smallest absolute Gasteiger partial charge is 0.241 e. The average molecular weight is 336 g/mol. The second kappa shape index (κ2) is 6.80. The molecule has 2 fully saturated rings. The molecule has 0 aliphatic carbocycles. The van der Waals surface area contributed by atoms with Gasteiger partial charge in [-0.05, 0) is 58.3 Å². The molecule has 2 aliphatic rings. The van der Waals surface area contributed by atoms with Crippen LogP contribution in [0.4, 0.5) is 5.69 Å².